The summed E-state index contributed by atoms with van der Waals surface area (Å²) in [6.07, 6.45) is 0. The molecule has 0 aromatic heterocycles. The van der Waals surface area contributed by atoms with E-state index in [1.807, 2.05) is 49.3 Å². The molecule has 0 saturated carbocycles. The predicted octanol–water partition coefficient (Wildman–Crippen LogP) is 4.23. The molecule has 0 radical (unpaired) electrons. The van der Waals surface area contributed by atoms with E-state index in [9.17, 15) is 19.7 Å². The number of carbonyl (C=O) groups excluding carboxylic acids is 2. The van der Waals surface area contributed by atoms with Gasteiger partial charge in [-0.3, -0.25) is 14.9 Å². The van der Waals surface area contributed by atoms with Gasteiger partial charge in [-0.25, -0.2) is 4.79 Å². The molecular formula is C23H23N5O4. The van der Waals surface area contributed by atoms with Gasteiger partial charge in [-0.05, 0) is 35.9 Å². The van der Waals surface area contributed by atoms with Crippen LogP contribution in [-0.2, 0) is 6.54 Å². The maximum Gasteiger partial charge on any atom is 0.323 e. The molecule has 9 heteroatoms. The van der Waals surface area contributed by atoms with Crippen LogP contribution in [0.2, 0.25) is 0 Å². The number of urea groups is 1. The SMILES string of the molecule is CN(C)c1ccc(NC(=O)Nc2ccc([N+](=O)[O-])cc2)cc1C(=O)NCc1ccccc1. The highest BCUT2D eigenvalue weighted by molar-refractivity contribution is 6.04. The third-order valence-corrected chi connectivity index (χ3v) is 4.61. The van der Waals surface area contributed by atoms with Crippen LogP contribution >= 0.6 is 0 Å². The fourth-order valence-electron chi connectivity index (χ4n) is 3.02. The van der Waals surface area contributed by atoms with Crippen LogP contribution in [0.5, 0.6) is 0 Å². The normalized spacial score (nSPS) is 10.2. The minimum absolute atomic E-state index is 0.0682. The van der Waals surface area contributed by atoms with Crippen LogP contribution in [0.1, 0.15) is 15.9 Å². The average molecular weight is 433 g/mol. The third kappa shape index (κ3) is 5.82. The standard InChI is InChI=1S/C23H23N5O4/c1-27(2)21-13-10-18(14-20(21)22(29)24-15-16-6-4-3-5-7-16)26-23(30)25-17-8-11-19(12-9-17)28(31)32/h3-14H,15H2,1-2H3,(H,24,29)(H2,25,26,30). The molecule has 3 N–H and O–H groups in total. The van der Waals surface area contributed by atoms with E-state index in [0.717, 1.165) is 5.56 Å². The number of nitro groups is 1. The molecule has 0 saturated heterocycles. The van der Waals surface area contributed by atoms with Crippen LogP contribution in [0.4, 0.5) is 27.5 Å². The van der Waals surface area contributed by atoms with Gasteiger partial charge in [0.2, 0.25) is 0 Å². The Morgan fingerprint density at radius 1 is 0.906 bits per heavy atom. The number of anilines is 3. The molecule has 3 aromatic rings. The van der Waals surface area contributed by atoms with Crippen LogP contribution in [0.25, 0.3) is 0 Å². The number of amides is 3. The summed E-state index contributed by atoms with van der Waals surface area (Å²) < 4.78 is 0. The van der Waals surface area contributed by atoms with E-state index in [0.29, 0.717) is 29.2 Å². The summed E-state index contributed by atoms with van der Waals surface area (Å²) in [6.45, 7) is 0.380. The molecular weight excluding hydrogens is 410 g/mol. The third-order valence-electron chi connectivity index (χ3n) is 4.61. The summed E-state index contributed by atoms with van der Waals surface area (Å²) in [7, 11) is 3.66. The summed E-state index contributed by atoms with van der Waals surface area (Å²) in [5, 5.41) is 18.9. The maximum absolute atomic E-state index is 12.8. The van der Waals surface area contributed by atoms with Gasteiger partial charge in [-0.1, -0.05) is 30.3 Å². The highest BCUT2D eigenvalue weighted by atomic mass is 16.6. The van der Waals surface area contributed by atoms with Crippen molar-refractivity contribution in [2.45, 2.75) is 6.54 Å². The minimum atomic E-state index is -0.535. The number of non-ortho nitro benzene ring substituents is 1. The quantitative estimate of drug-likeness (QED) is 0.381. The van der Waals surface area contributed by atoms with Gasteiger partial charge in [0.25, 0.3) is 11.6 Å². The van der Waals surface area contributed by atoms with Crippen LogP contribution < -0.4 is 20.9 Å². The molecule has 0 bridgehead atoms. The van der Waals surface area contributed by atoms with Gasteiger partial charge in [0, 0.05) is 49.8 Å². The second kappa shape index (κ2) is 10.1. The van der Waals surface area contributed by atoms with E-state index in [1.54, 1.807) is 18.2 Å². The number of hydrogen-bond acceptors (Lipinski definition) is 5. The zero-order valence-electron chi connectivity index (χ0n) is 17.7. The second-order valence-corrected chi connectivity index (χ2v) is 7.18. The Morgan fingerprint density at radius 3 is 2.16 bits per heavy atom. The smallest absolute Gasteiger partial charge is 0.323 e. The van der Waals surface area contributed by atoms with E-state index >= 15 is 0 Å². The number of nitrogens with zero attached hydrogens (tertiary/aromatic N) is 2. The zero-order chi connectivity index (χ0) is 23.1. The van der Waals surface area contributed by atoms with E-state index in [1.165, 1.54) is 24.3 Å². The van der Waals surface area contributed by atoms with Gasteiger partial charge in [0.05, 0.1) is 10.5 Å². The molecule has 3 aromatic carbocycles. The molecule has 0 unspecified atom stereocenters. The van der Waals surface area contributed by atoms with Crippen LogP contribution in [0.15, 0.2) is 72.8 Å². The molecule has 0 aliphatic rings. The van der Waals surface area contributed by atoms with Crippen molar-refractivity contribution in [2.24, 2.45) is 0 Å². The fraction of sp³-hybridized carbons (Fsp3) is 0.130. The first-order valence-electron chi connectivity index (χ1n) is 9.79. The van der Waals surface area contributed by atoms with E-state index in [4.69, 9.17) is 0 Å². The molecule has 164 valence electrons. The first-order chi connectivity index (χ1) is 15.3. The topological polar surface area (TPSA) is 117 Å². The summed E-state index contributed by atoms with van der Waals surface area (Å²) in [4.78, 5) is 37.2. The number of nitro benzene ring substituents is 1. The first kappa shape index (κ1) is 22.3. The lowest BCUT2D eigenvalue weighted by molar-refractivity contribution is -0.384. The van der Waals surface area contributed by atoms with Gasteiger partial charge in [-0.2, -0.15) is 0 Å². The molecule has 0 spiro atoms. The number of carbonyl (C=O) groups is 2. The van der Waals surface area contributed by atoms with E-state index in [2.05, 4.69) is 16.0 Å². The average Bonchev–Trinajstić information content (AvgIpc) is 2.78. The molecule has 3 rings (SSSR count). The summed E-state index contributed by atoms with van der Waals surface area (Å²) >= 11 is 0. The van der Waals surface area contributed by atoms with Crippen molar-refractivity contribution in [3.05, 3.63) is 94.0 Å². The summed E-state index contributed by atoms with van der Waals surface area (Å²) in [6, 6.07) is 19.6. The lowest BCUT2D eigenvalue weighted by Crippen LogP contribution is -2.26. The predicted molar refractivity (Wildman–Crippen MR) is 124 cm³/mol. The molecule has 0 aliphatic carbocycles. The van der Waals surface area contributed by atoms with E-state index < -0.39 is 11.0 Å². The number of hydrogen-bond donors (Lipinski definition) is 3. The van der Waals surface area contributed by atoms with Crippen molar-refractivity contribution in [3.63, 3.8) is 0 Å². The molecule has 32 heavy (non-hydrogen) atoms. The van der Waals surface area contributed by atoms with E-state index in [-0.39, 0.29) is 11.6 Å². The van der Waals surface area contributed by atoms with Crippen LogP contribution in [0.3, 0.4) is 0 Å². The Labute approximate surface area is 185 Å². The van der Waals surface area contributed by atoms with Crippen molar-refractivity contribution in [1.82, 2.24) is 5.32 Å². The first-order valence-corrected chi connectivity index (χ1v) is 9.79. The Balaban J connectivity index is 1.70. The second-order valence-electron chi connectivity index (χ2n) is 7.18. The molecule has 9 nitrogen and oxygen atoms in total. The Morgan fingerprint density at radius 2 is 1.53 bits per heavy atom. The molecule has 0 fully saturated rings. The highest BCUT2D eigenvalue weighted by Gasteiger charge is 2.15. The molecule has 0 atom stereocenters. The molecule has 0 heterocycles. The van der Waals surface area contributed by atoms with Gasteiger partial charge < -0.3 is 20.9 Å². The monoisotopic (exact) mass is 433 g/mol. The van der Waals surface area contributed by atoms with Gasteiger partial charge >= 0.3 is 6.03 Å². The lowest BCUT2D eigenvalue weighted by atomic mass is 10.1. The van der Waals surface area contributed by atoms with Crippen LogP contribution in [-0.4, -0.2) is 31.0 Å². The largest absolute Gasteiger partial charge is 0.377 e. The van der Waals surface area contributed by atoms with Crippen molar-refractivity contribution in [1.29, 1.82) is 0 Å². The summed E-state index contributed by atoms with van der Waals surface area (Å²) in [5.74, 6) is -0.267. The van der Waals surface area contributed by atoms with Crippen molar-refractivity contribution in [3.8, 4) is 0 Å². The zero-order valence-corrected chi connectivity index (χ0v) is 17.7. The maximum atomic E-state index is 12.8. The number of benzene rings is 3. The number of nitrogens with one attached hydrogen (secondary N) is 3. The van der Waals surface area contributed by atoms with Gasteiger partial charge in [0.1, 0.15) is 0 Å². The minimum Gasteiger partial charge on any atom is -0.377 e. The Hall–Kier alpha value is -4.40. The van der Waals surface area contributed by atoms with Gasteiger partial charge in [-0.15, -0.1) is 0 Å². The molecule has 3 amide bonds. The Bertz CT molecular complexity index is 1110. The summed E-state index contributed by atoms with van der Waals surface area (Å²) in [5.41, 5.74) is 2.86. The fourth-order valence-corrected chi connectivity index (χ4v) is 3.02. The van der Waals surface area contributed by atoms with Crippen LogP contribution in [0, 0.1) is 10.1 Å². The van der Waals surface area contributed by atoms with Crippen molar-refractivity contribution < 1.29 is 14.5 Å². The molecule has 0 aliphatic heterocycles. The Kier molecular flexibility index (Phi) is 7.02. The van der Waals surface area contributed by atoms with Crippen molar-refractivity contribution in [2.75, 3.05) is 29.6 Å². The lowest BCUT2D eigenvalue weighted by Gasteiger charge is -2.18. The van der Waals surface area contributed by atoms with Crippen molar-refractivity contribution >= 4 is 34.7 Å². The number of rotatable bonds is 7. The van der Waals surface area contributed by atoms with Gasteiger partial charge in [0.15, 0.2) is 0 Å². The highest BCUT2D eigenvalue weighted by Crippen LogP contribution is 2.23.